The molecule has 3 aromatic rings. The molecule has 0 saturated carbocycles. The highest BCUT2D eigenvalue weighted by Crippen LogP contribution is 2.20. The van der Waals surface area contributed by atoms with Gasteiger partial charge < -0.3 is 20.7 Å². The topological polar surface area (TPSA) is 103 Å². The molecule has 0 fully saturated rings. The van der Waals surface area contributed by atoms with E-state index in [0.29, 0.717) is 35.7 Å². The fraction of sp³-hybridized carbons (Fsp3) is 0.192. The van der Waals surface area contributed by atoms with Gasteiger partial charge in [-0.25, -0.2) is 4.79 Å². The normalized spacial score (nSPS) is 10.2. The molecule has 0 spiro atoms. The Kier molecular flexibility index (Phi) is 8.03. The van der Waals surface area contributed by atoms with Crippen molar-refractivity contribution in [2.75, 3.05) is 5.32 Å². The van der Waals surface area contributed by atoms with Gasteiger partial charge in [0, 0.05) is 29.9 Å². The SMILES string of the molecule is CC(C)NC(=O)NCc1ccc(C(=O)Nc2cccc(OCc3cccc(C#N)c3)c2)cc1. The molecule has 0 aliphatic heterocycles. The number of anilines is 1. The van der Waals surface area contributed by atoms with Crippen LogP contribution in [0, 0.1) is 11.3 Å². The molecule has 0 bridgehead atoms. The van der Waals surface area contributed by atoms with Crippen LogP contribution in [0.1, 0.15) is 40.9 Å². The standard InChI is InChI=1S/C26H26N4O3/c1-18(2)29-26(32)28-16-19-9-11-22(12-10-19)25(31)30-23-7-4-8-24(14-23)33-17-21-6-3-5-20(13-21)15-27/h3-14,18H,16-17H2,1-2H3,(H,30,31)(H2,28,29,32). The van der Waals surface area contributed by atoms with E-state index in [4.69, 9.17) is 10.00 Å². The molecule has 0 aromatic heterocycles. The minimum absolute atomic E-state index is 0.0646. The van der Waals surface area contributed by atoms with Crippen molar-refractivity contribution in [3.8, 4) is 11.8 Å². The molecule has 0 saturated heterocycles. The van der Waals surface area contributed by atoms with Crippen LogP contribution in [0.3, 0.4) is 0 Å². The van der Waals surface area contributed by atoms with Crippen molar-refractivity contribution in [1.29, 1.82) is 5.26 Å². The van der Waals surface area contributed by atoms with Crippen LogP contribution >= 0.6 is 0 Å². The second-order valence-electron chi connectivity index (χ2n) is 7.76. The highest BCUT2D eigenvalue weighted by Gasteiger charge is 2.08. The Hall–Kier alpha value is -4.31. The van der Waals surface area contributed by atoms with Gasteiger partial charge in [-0.1, -0.05) is 30.3 Å². The largest absolute Gasteiger partial charge is 0.489 e. The summed E-state index contributed by atoms with van der Waals surface area (Å²) >= 11 is 0. The van der Waals surface area contributed by atoms with E-state index in [9.17, 15) is 9.59 Å². The van der Waals surface area contributed by atoms with E-state index in [1.54, 1.807) is 60.7 Å². The lowest BCUT2D eigenvalue weighted by Crippen LogP contribution is -2.39. The summed E-state index contributed by atoms with van der Waals surface area (Å²) in [6, 6.07) is 23.4. The lowest BCUT2D eigenvalue weighted by molar-refractivity contribution is 0.102. The number of urea groups is 1. The maximum absolute atomic E-state index is 12.6. The van der Waals surface area contributed by atoms with E-state index in [2.05, 4.69) is 22.0 Å². The Morgan fingerprint density at radius 3 is 2.45 bits per heavy atom. The lowest BCUT2D eigenvalue weighted by atomic mass is 10.1. The molecule has 3 N–H and O–H groups in total. The Bertz CT molecular complexity index is 1150. The van der Waals surface area contributed by atoms with Crippen LogP contribution in [0.4, 0.5) is 10.5 Å². The summed E-state index contributed by atoms with van der Waals surface area (Å²) in [5.74, 6) is 0.363. The fourth-order valence-corrected chi connectivity index (χ4v) is 3.03. The van der Waals surface area contributed by atoms with E-state index in [-0.39, 0.29) is 18.0 Å². The number of nitriles is 1. The van der Waals surface area contributed by atoms with Gasteiger partial charge in [-0.2, -0.15) is 5.26 Å². The van der Waals surface area contributed by atoms with Crippen molar-refractivity contribution in [1.82, 2.24) is 10.6 Å². The molecule has 3 amide bonds. The molecule has 7 heteroatoms. The molecule has 3 rings (SSSR count). The molecule has 0 radical (unpaired) electrons. The zero-order valence-corrected chi connectivity index (χ0v) is 18.6. The molecule has 7 nitrogen and oxygen atoms in total. The summed E-state index contributed by atoms with van der Waals surface area (Å²) in [7, 11) is 0. The van der Waals surface area contributed by atoms with E-state index in [1.807, 2.05) is 26.0 Å². The van der Waals surface area contributed by atoms with Crippen LogP contribution in [0.25, 0.3) is 0 Å². The summed E-state index contributed by atoms with van der Waals surface area (Å²) in [6.07, 6.45) is 0. The number of amides is 3. The van der Waals surface area contributed by atoms with Gasteiger partial charge in [0.15, 0.2) is 0 Å². The van der Waals surface area contributed by atoms with Crippen LogP contribution < -0.4 is 20.7 Å². The number of nitrogens with zero attached hydrogens (tertiary/aromatic N) is 1. The average molecular weight is 443 g/mol. The first-order valence-electron chi connectivity index (χ1n) is 10.6. The summed E-state index contributed by atoms with van der Waals surface area (Å²) in [5.41, 5.74) is 3.48. The van der Waals surface area contributed by atoms with E-state index in [1.165, 1.54) is 0 Å². The summed E-state index contributed by atoms with van der Waals surface area (Å²) in [5, 5.41) is 17.4. The molecule has 0 aliphatic rings. The van der Waals surface area contributed by atoms with Crippen molar-refractivity contribution in [2.24, 2.45) is 0 Å². The average Bonchev–Trinajstić information content (AvgIpc) is 2.81. The van der Waals surface area contributed by atoms with Crippen molar-refractivity contribution in [2.45, 2.75) is 33.0 Å². The van der Waals surface area contributed by atoms with Crippen LogP contribution in [-0.2, 0) is 13.2 Å². The maximum Gasteiger partial charge on any atom is 0.315 e. The zero-order valence-electron chi connectivity index (χ0n) is 18.6. The molecule has 0 aliphatic carbocycles. The molecular weight excluding hydrogens is 416 g/mol. The summed E-state index contributed by atoms with van der Waals surface area (Å²) < 4.78 is 5.81. The second-order valence-corrected chi connectivity index (χ2v) is 7.76. The molecule has 168 valence electrons. The first-order chi connectivity index (χ1) is 15.9. The predicted octanol–water partition coefficient (Wildman–Crippen LogP) is 4.60. The number of carbonyl (C=O) groups is 2. The highest BCUT2D eigenvalue weighted by molar-refractivity contribution is 6.04. The molecule has 3 aromatic carbocycles. The maximum atomic E-state index is 12.6. The van der Waals surface area contributed by atoms with Crippen molar-refractivity contribution in [3.63, 3.8) is 0 Å². The van der Waals surface area contributed by atoms with Crippen LogP contribution in [0.15, 0.2) is 72.8 Å². The molecule has 0 heterocycles. The number of rotatable bonds is 8. The van der Waals surface area contributed by atoms with Gasteiger partial charge in [-0.3, -0.25) is 4.79 Å². The van der Waals surface area contributed by atoms with Gasteiger partial charge in [0.25, 0.3) is 5.91 Å². The van der Waals surface area contributed by atoms with Crippen LogP contribution in [-0.4, -0.2) is 18.0 Å². The zero-order chi connectivity index (χ0) is 23.6. The first kappa shape index (κ1) is 23.4. The number of ether oxygens (including phenoxy) is 1. The monoisotopic (exact) mass is 442 g/mol. The van der Waals surface area contributed by atoms with E-state index in [0.717, 1.165) is 11.1 Å². The minimum atomic E-state index is -0.245. The van der Waals surface area contributed by atoms with Crippen LogP contribution in [0.2, 0.25) is 0 Å². The fourth-order valence-electron chi connectivity index (χ4n) is 3.03. The smallest absolute Gasteiger partial charge is 0.315 e. The van der Waals surface area contributed by atoms with Gasteiger partial charge in [-0.05, 0) is 61.4 Å². The quantitative estimate of drug-likeness (QED) is 0.474. The highest BCUT2D eigenvalue weighted by atomic mass is 16.5. The second kappa shape index (κ2) is 11.3. The van der Waals surface area contributed by atoms with Crippen LogP contribution in [0.5, 0.6) is 5.75 Å². The molecule has 0 atom stereocenters. The van der Waals surface area contributed by atoms with Gasteiger partial charge in [-0.15, -0.1) is 0 Å². The predicted molar refractivity (Wildman–Crippen MR) is 127 cm³/mol. The Morgan fingerprint density at radius 2 is 1.73 bits per heavy atom. The number of nitrogens with one attached hydrogen (secondary N) is 3. The van der Waals surface area contributed by atoms with E-state index >= 15 is 0 Å². The Labute approximate surface area is 193 Å². The molecule has 33 heavy (non-hydrogen) atoms. The van der Waals surface area contributed by atoms with Crippen molar-refractivity contribution in [3.05, 3.63) is 95.1 Å². The van der Waals surface area contributed by atoms with E-state index < -0.39 is 0 Å². The number of carbonyl (C=O) groups excluding carboxylic acids is 2. The Balaban J connectivity index is 1.54. The third kappa shape index (κ3) is 7.40. The van der Waals surface area contributed by atoms with Gasteiger partial charge in [0.1, 0.15) is 12.4 Å². The number of hydrogen-bond donors (Lipinski definition) is 3. The van der Waals surface area contributed by atoms with Crippen molar-refractivity contribution < 1.29 is 14.3 Å². The first-order valence-corrected chi connectivity index (χ1v) is 10.6. The summed E-state index contributed by atoms with van der Waals surface area (Å²) in [4.78, 5) is 24.3. The van der Waals surface area contributed by atoms with Crippen molar-refractivity contribution >= 4 is 17.6 Å². The number of benzene rings is 3. The summed E-state index contributed by atoms with van der Waals surface area (Å²) in [6.45, 7) is 4.47. The third-order valence-corrected chi connectivity index (χ3v) is 4.64. The van der Waals surface area contributed by atoms with Gasteiger partial charge in [0.2, 0.25) is 0 Å². The third-order valence-electron chi connectivity index (χ3n) is 4.64. The number of hydrogen-bond acceptors (Lipinski definition) is 4. The van der Waals surface area contributed by atoms with Gasteiger partial charge in [0.05, 0.1) is 11.6 Å². The Morgan fingerprint density at radius 1 is 0.970 bits per heavy atom. The van der Waals surface area contributed by atoms with Gasteiger partial charge >= 0.3 is 6.03 Å². The minimum Gasteiger partial charge on any atom is -0.489 e. The lowest BCUT2D eigenvalue weighted by Gasteiger charge is -2.11. The molecule has 0 unspecified atom stereocenters. The molecular formula is C26H26N4O3.